The lowest BCUT2D eigenvalue weighted by Crippen LogP contribution is -2.60. The van der Waals surface area contributed by atoms with E-state index in [1.807, 2.05) is 0 Å². The first-order chi connectivity index (χ1) is 15.1. The predicted octanol–water partition coefficient (Wildman–Crippen LogP) is -1.70. The van der Waals surface area contributed by atoms with Crippen LogP contribution in [-0.4, -0.2) is 91.4 Å². The molecule has 0 amide bonds. The quantitative estimate of drug-likeness (QED) is 0.164. The van der Waals surface area contributed by atoms with E-state index in [1.54, 1.807) is 0 Å². The fourth-order valence-electron chi connectivity index (χ4n) is 3.14. The van der Waals surface area contributed by atoms with Crippen LogP contribution >= 0.6 is 0 Å². The van der Waals surface area contributed by atoms with Crippen molar-refractivity contribution in [1.82, 2.24) is 0 Å². The van der Waals surface area contributed by atoms with Crippen LogP contribution in [0.5, 0.6) is 11.5 Å². The third kappa shape index (κ3) is 5.51. The average molecular weight is 452 g/mol. The zero-order valence-corrected chi connectivity index (χ0v) is 16.7. The van der Waals surface area contributed by atoms with Crippen molar-refractivity contribution in [3.63, 3.8) is 0 Å². The lowest BCUT2D eigenvalue weighted by atomic mass is 9.88. The van der Waals surface area contributed by atoms with Gasteiger partial charge in [0, 0.05) is 12.5 Å². The van der Waals surface area contributed by atoms with Crippen LogP contribution in [0.4, 0.5) is 0 Å². The lowest BCUT2D eigenvalue weighted by molar-refractivity contribution is -0.278. The van der Waals surface area contributed by atoms with Crippen LogP contribution in [0.2, 0.25) is 0 Å². The van der Waals surface area contributed by atoms with Crippen LogP contribution < -0.4 is 4.74 Å². The summed E-state index contributed by atoms with van der Waals surface area (Å²) in [6, 6.07) is 5.46. The Balaban J connectivity index is 1.59. The van der Waals surface area contributed by atoms with Crippen molar-refractivity contribution in [2.24, 2.45) is 0 Å². The molecule has 0 saturated carbocycles. The highest BCUT2D eigenvalue weighted by Gasteiger charge is 2.45. The molecule has 0 aromatic heterocycles. The topological polar surface area (TPSA) is 183 Å². The van der Waals surface area contributed by atoms with E-state index < -0.39 is 60.8 Å². The SMILES string of the molecule is O=C(/C=C/[C@@]1(O)C=C[C@H](O)CC1=O)OC[C@H]1O[C@@H](Oc2ccc(O)cc2)[C@H](O)[C@@H](O)[C@@H]1O. The summed E-state index contributed by atoms with van der Waals surface area (Å²) in [5.74, 6) is -1.48. The molecule has 1 heterocycles. The fourth-order valence-corrected chi connectivity index (χ4v) is 3.14. The Bertz CT molecular complexity index is 880. The normalized spacial score (nSPS) is 35.1. The predicted molar refractivity (Wildman–Crippen MR) is 105 cm³/mol. The summed E-state index contributed by atoms with van der Waals surface area (Å²) in [6.45, 7) is -0.537. The number of aliphatic hydroxyl groups is 5. The van der Waals surface area contributed by atoms with Gasteiger partial charge in [-0.25, -0.2) is 4.79 Å². The maximum absolute atomic E-state index is 12.0. The number of esters is 1. The minimum absolute atomic E-state index is 0.0120. The van der Waals surface area contributed by atoms with Crippen molar-refractivity contribution in [3.8, 4) is 11.5 Å². The number of Topliss-reactive ketones (excluding diaryl/α,β-unsaturated/α-hetero) is 1. The largest absolute Gasteiger partial charge is 0.508 e. The van der Waals surface area contributed by atoms with E-state index >= 15 is 0 Å². The molecule has 1 aliphatic heterocycles. The molecule has 1 fully saturated rings. The number of carbonyl (C=O) groups excluding carboxylic acids is 2. The summed E-state index contributed by atoms with van der Waals surface area (Å²) in [5.41, 5.74) is -2.05. The number of hydrogen-bond acceptors (Lipinski definition) is 11. The van der Waals surface area contributed by atoms with Crippen molar-refractivity contribution in [1.29, 1.82) is 0 Å². The molecule has 7 atom stereocenters. The molecule has 0 bridgehead atoms. The smallest absolute Gasteiger partial charge is 0.330 e. The van der Waals surface area contributed by atoms with Gasteiger partial charge >= 0.3 is 5.97 Å². The number of ether oxygens (including phenoxy) is 3. The minimum Gasteiger partial charge on any atom is -0.508 e. The van der Waals surface area contributed by atoms with E-state index in [-0.39, 0.29) is 17.9 Å². The second-order valence-corrected chi connectivity index (χ2v) is 7.47. The summed E-state index contributed by atoms with van der Waals surface area (Å²) >= 11 is 0. The van der Waals surface area contributed by atoms with Crippen molar-refractivity contribution >= 4 is 11.8 Å². The van der Waals surface area contributed by atoms with E-state index in [1.165, 1.54) is 30.3 Å². The Morgan fingerprint density at radius 1 is 1.12 bits per heavy atom. The van der Waals surface area contributed by atoms with Crippen LogP contribution in [0.25, 0.3) is 0 Å². The molecule has 11 nitrogen and oxygen atoms in total. The third-order valence-electron chi connectivity index (χ3n) is 5.03. The molecule has 1 aromatic carbocycles. The van der Waals surface area contributed by atoms with E-state index in [4.69, 9.17) is 14.2 Å². The van der Waals surface area contributed by atoms with Crippen molar-refractivity contribution < 1.29 is 54.4 Å². The summed E-state index contributed by atoms with van der Waals surface area (Å²) in [4.78, 5) is 23.9. The van der Waals surface area contributed by atoms with Gasteiger partial charge in [-0.15, -0.1) is 0 Å². The number of aliphatic hydroxyl groups excluding tert-OH is 4. The van der Waals surface area contributed by atoms with E-state index in [0.29, 0.717) is 0 Å². The van der Waals surface area contributed by atoms with Crippen molar-refractivity contribution in [3.05, 3.63) is 48.6 Å². The Kier molecular flexibility index (Phi) is 7.29. The Morgan fingerprint density at radius 2 is 1.81 bits per heavy atom. The molecule has 3 rings (SSSR count). The van der Waals surface area contributed by atoms with Crippen LogP contribution in [0.3, 0.4) is 0 Å². The summed E-state index contributed by atoms with van der Waals surface area (Å²) in [5, 5.41) is 59.2. The fraction of sp³-hybridized carbons (Fsp3) is 0.429. The van der Waals surface area contributed by atoms with Crippen LogP contribution in [0.15, 0.2) is 48.6 Å². The van der Waals surface area contributed by atoms with Gasteiger partial charge in [0.1, 0.15) is 42.5 Å². The van der Waals surface area contributed by atoms with Gasteiger partial charge in [0.2, 0.25) is 6.29 Å². The number of phenolic OH excluding ortho intramolecular Hbond substituents is 1. The van der Waals surface area contributed by atoms with Crippen LogP contribution in [-0.2, 0) is 19.1 Å². The second kappa shape index (κ2) is 9.77. The van der Waals surface area contributed by atoms with Gasteiger partial charge in [-0.1, -0.05) is 6.08 Å². The molecule has 11 heteroatoms. The molecular weight excluding hydrogens is 428 g/mol. The van der Waals surface area contributed by atoms with Gasteiger partial charge < -0.3 is 44.8 Å². The standard InChI is InChI=1S/C21H24O11/c22-11-1-3-13(4-2-11)31-20-19(28)18(27)17(26)14(32-20)10-30-16(25)6-8-21(29)7-5-12(23)9-15(21)24/h1-8,12,14,17-20,22-23,26-29H,9-10H2/b8-6+/t12-,14+,17+,18-,19+,20+,21-/m0/s1. The molecule has 2 aliphatic rings. The maximum atomic E-state index is 12.0. The highest BCUT2D eigenvalue weighted by Crippen LogP contribution is 2.26. The highest BCUT2D eigenvalue weighted by molar-refractivity contribution is 5.94. The molecule has 6 N–H and O–H groups in total. The van der Waals surface area contributed by atoms with Gasteiger partial charge in [-0.3, -0.25) is 4.79 Å². The van der Waals surface area contributed by atoms with E-state index in [9.17, 15) is 40.2 Å². The number of carbonyl (C=O) groups is 2. The van der Waals surface area contributed by atoms with Gasteiger partial charge in [0.15, 0.2) is 11.4 Å². The molecule has 1 aromatic rings. The summed E-state index contributed by atoms with van der Waals surface area (Å²) in [6.07, 6.45) is -4.86. The Morgan fingerprint density at radius 3 is 2.47 bits per heavy atom. The molecule has 0 radical (unpaired) electrons. The zero-order chi connectivity index (χ0) is 23.5. The molecule has 1 saturated heterocycles. The molecule has 0 spiro atoms. The maximum Gasteiger partial charge on any atom is 0.330 e. The summed E-state index contributed by atoms with van der Waals surface area (Å²) < 4.78 is 15.8. The molecule has 1 aliphatic carbocycles. The van der Waals surface area contributed by atoms with E-state index in [0.717, 1.165) is 18.2 Å². The van der Waals surface area contributed by atoms with E-state index in [2.05, 4.69) is 0 Å². The number of benzene rings is 1. The first kappa shape index (κ1) is 23.9. The average Bonchev–Trinajstić information content (AvgIpc) is 2.76. The zero-order valence-electron chi connectivity index (χ0n) is 16.7. The number of hydrogen-bond donors (Lipinski definition) is 6. The number of aromatic hydroxyl groups is 1. The minimum atomic E-state index is -2.05. The first-order valence-electron chi connectivity index (χ1n) is 9.73. The molecule has 32 heavy (non-hydrogen) atoms. The lowest BCUT2D eigenvalue weighted by Gasteiger charge is -2.39. The van der Waals surface area contributed by atoms with Gasteiger partial charge in [-0.05, 0) is 36.4 Å². The number of ketones is 1. The van der Waals surface area contributed by atoms with Gasteiger partial charge in [-0.2, -0.15) is 0 Å². The molecule has 174 valence electrons. The molecular formula is C21H24O11. The molecule has 0 unspecified atom stereocenters. The number of phenols is 1. The third-order valence-corrected chi connectivity index (χ3v) is 5.03. The number of rotatable bonds is 6. The highest BCUT2D eigenvalue weighted by atomic mass is 16.7. The van der Waals surface area contributed by atoms with Crippen LogP contribution in [0.1, 0.15) is 6.42 Å². The first-order valence-corrected chi connectivity index (χ1v) is 9.73. The Hall–Kier alpha value is -2.80. The van der Waals surface area contributed by atoms with Crippen molar-refractivity contribution in [2.45, 2.75) is 48.8 Å². The van der Waals surface area contributed by atoms with Gasteiger partial charge in [0.05, 0.1) is 6.10 Å². The Labute approximate surface area is 182 Å². The van der Waals surface area contributed by atoms with Crippen LogP contribution in [0, 0.1) is 0 Å². The monoisotopic (exact) mass is 452 g/mol. The van der Waals surface area contributed by atoms with Gasteiger partial charge in [0.25, 0.3) is 0 Å². The summed E-state index contributed by atoms with van der Waals surface area (Å²) in [7, 11) is 0. The second-order valence-electron chi connectivity index (χ2n) is 7.47. The van der Waals surface area contributed by atoms with Crippen molar-refractivity contribution in [2.75, 3.05) is 6.61 Å².